The maximum Gasteiger partial charge on any atom is 0.226 e. The minimum Gasteiger partial charge on any atom is -0.439 e. The Morgan fingerprint density at radius 1 is 1.29 bits per heavy atom. The van der Waals surface area contributed by atoms with E-state index in [2.05, 4.69) is 35.6 Å². The van der Waals surface area contributed by atoms with Crippen LogP contribution in [0.25, 0.3) is 0 Å². The van der Waals surface area contributed by atoms with Gasteiger partial charge in [-0.1, -0.05) is 38.3 Å². The van der Waals surface area contributed by atoms with Crippen LogP contribution in [0.5, 0.6) is 11.6 Å². The number of unbranched alkanes of at least 4 members (excludes halogenated alkanes) is 1. The van der Waals surface area contributed by atoms with Gasteiger partial charge in [0.25, 0.3) is 0 Å². The van der Waals surface area contributed by atoms with Crippen molar-refractivity contribution in [2.24, 2.45) is 5.92 Å². The monoisotopic (exact) mass is 448 g/mol. The van der Waals surface area contributed by atoms with Gasteiger partial charge < -0.3 is 14.5 Å². The number of anilines is 1. The summed E-state index contributed by atoms with van der Waals surface area (Å²) in [6, 6.07) is 6.00. The minimum atomic E-state index is -0.501. The lowest BCUT2D eigenvalue weighted by molar-refractivity contribution is -0.138. The molecule has 0 spiro atoms. The topological polar surface area (TPSA) is 58.6 Å². The van der Waals surface area contributed by atoms with Crippen LogP contribution in [0.1, 0.15) is 46.5 Å². The number of benzene rings is 1. The molecule has 0 bridgehead atoms. The summed E-state index contributed by atoms with van der Waals surface area (Å²) in [7, 11) is 0. The number of nitrogens with zero attached hydrogens (tertiary/aromatic N) is 4. The van der Waals surface area contributed by atoms with Gasteiger partial charge in [-0.3, -0.25) is 4.79 Å². The van der Waals surface area contributed by atoms with Crippen LogP contribution in [0.15, 0.2) is 30.6 Å². The molecule has 2 atom stereocenters. The van der Waals surface area contributed by atoms with Gasteiger partial charge in [0.15, 0.2) is 0 Å². The summed E-state index contributed by atoms with van der Waals surface area (Å²) < 4.78 is 19.1. The number of carbonyl (C=O) groups excluding carboxylic acids is 1. The van der Waals surface area contributed by atoms with E-state index in [0.717, 1.165) is 31.5 Å². The molecular weight excluding hydrogens is 419 g/mol. The van der Waals surface area contributed by atoms with E-state index in [0.29, 0.717) is 31.3 Å². The summed E-state index contributed by atoms with van der Waals surface area (Å²) in [6.07, 6.45) is 5.47. The summed E-state index contributed by atoms with van der Waals surface area (Å²) in [5.74, 6) is 1.36. The standard InChI is InChI=1S/C23H30ClFN4O2/c1-4-6-7-17(5-2)23(30)29-11-10-28(14-16(29)3)21-13-22(27-15-26-21)31-18-8-9-20(25)19(24)12-18/h8-9,12-13,15-17H,4-7,10-11,14H2,1-3H3/t16-,17+/m0/s1. The van der Waals surface area contributed by atoms with Crippen molar-refractivity contribution in [3.63, 3.8) is 0 Å². The molecule has 3 rings (SSSR count). The van der Waals surface area contributed by atoms with Crippen molar-refractivity contribution in [2.75, 3.05) is 24.5 Å². The molecule has 1 fully saturated rings. The van der Waals surface area contributed by atoms with Crippen LogP contribution in [0.4, 0.5) is 10.2 Å². The Labute approximate surface area is 188 Å². The third-order valence-corrected chi connectivity index (χ3v) is 6.01. The first-order chi connectivity index (χ1) is 14.9. The van der Waals surface area contributed by atoms with Gasteiger partial charge in [0.05, 0.1) is 5.02 Å². The summed E-state index contributed by atoms with van der Waals surface area (Å²) in [4.78, 5) is 25.7. The molecule has 1 aromatic carbocycles. The Morgan fingerprint density at radius 3 is 2.77 bits per heavy atom. The highest BCUT2D eigenvalue weighted by Gasteiger charge is 2.31. The van der Waals surface area contributed by atoms with Crippen molar-refractivity contribution < 1.29 is 13.9 Å². The van der Waals surface area contributed by atoms with Crippen molar-refractivity contribution in [2.45, 2.75) is 52.5 Å². The van der Waals surface area contributed by atoms with E-state index in [1.165, 1.54) is 24.5 Å². The maximum absolute atomic E-state index is 13.4. The van der Waals surface area contributed by atoms with E-state index in [-0.39, 0.29) is 22.9 Å². The molecule has 1 amide bonds. The lowest BCUT2D eigenvalue weighted by atomic mass is 9.96. The number of halogens is 2. The first-order valence-corrected chi connectivity index (χ1v) is 11.3. The Morgan fingerprint density at radius 2 is 2.10 bits per heavy atom. The summed E-state index contributed by atoms with van der Waals surface area (Å²) in [6.45, 7) is 8.37. The molecule has 6 nitrogen and oxygen atoms in total. The van der Waals surface area contributed by atoms with Crippen molar-refractivity contribution >= 4 is 23.3 Å². The predicted molar refractivity (Wildman–Crippen MR) is 120 cm³/mol. The molecule has 0 unspecified atom stereocenters. The molecular formula is C23H30ClFN4O2. The van der Waals surface area contributed by atoms with Gasteiger partial charge in [0.2, 0.25) is 11.8 Å². The molecule has 1 saturated heterocycles. The second kappa shape index (κ2) is 10.8. The van der Waals surface area contributed by atoms with Crippen molar-refractivity contribution in [3.8, 4) is 11.6 Å². The number of ether oxygens (including phenoxy) is 1. The quantitative estimate of drug-likeness (QED) is 0.547. The highest BCUT2D eigenvalue weighted by atomic mass is 35.5. The Balaban J connectivity index is 1.65. The molecule has 31 heavy (non-hydrogen) atoms. The van der Waals surface area contributed by atoms with E-state index in [4.69, 9.17) is 16.3 Å². The third kappa shape index (κ3) is 5.85. The second-order valence-corrected chi connectivity index (χ2v) is 8.37. The fourth-order valence-corrected chi connectivity index (χ4v) is 4.07. The molecule has 0 aliphatic carbocycles. The van der Waals surface area contributed by atoms with Crippen LogP contribution in [-0.2, 0) is 4.79 Å². The largest absolute Gasteiger partial charge is 0.439 e. The highest BCUT2D eigenvalue weighted by Crippen LogP contribution is 2.27. The van der Waals surface area contributed by atoms with E-state index >= 15 is 0 Å². The SMILES string of the molecule is CCCC[C@@H](CC)C(=O)N1CCN(c2cc(Oc3ccc(F)c(Cl)c3)ncn2)C[C@@H]1C. The molecule has 8 heteroatoms. The highest BCUT2D eigenvalue weighted by molar-refractivity contribution is 6.30. The van der Waals surface area contributed by atoms with Gasteiger partial charge in [-0.25, -0.2) is 14.4 Å². The van der Waals surface area contributed by atoms with Crippen LogP contribution in [0.3, 0.4) is 0 Å². The fourth-order valence-electron chi connectivity index (χ4n) is 3.90. The van der Waals surface area contributed by atoms with E-state index in [1.807, 2.05) is 4.90 Å². The van der Waals surface area contributed by atoms with Gasteiger partial charge in [-0.15, -0.1) is 0 Å². The first-order valence-electron chi connectivity index (χ1n) is 10.9. The molecule has 168 valence electrons. The molecule has 0 radical (unpaired) electrons. The summed E-state index contributed by atoms with van der Waals surface area (Å²) in [5, 5.41) is -0.00860. The van der Waals surface area contributed by atoms with Crippen molar-refractivity contribution in [1.29, 1.82) is 0 Å². The molecule has 1 aliphatic rings. The van der Waals surface area contributed by atoms with Gasteiger partial charge in [-0.05, 0) is 31.9 Å². The Kier molecular flexibility index (Phi) is 8.07. The van der Waals surface area contributed by atoms with Crippen LogP contribution in [0.2, 0.25) is 5.02 Å². The van der Waals surface area contributed by atoms with Gasteiger partial charge in [0, 0.05) is 43.7 Å². The number of hydrogen-bond donors (Lipinski definition) is 0. The third-order valence-electron chi connectivity index (χ3n) is 5.72. The van der Waals surface area contributed by atoms with Gasteiger partial charge in [0.1, 0.15) is 23.7 Å². The average molecular weight is 449 g/mol. The van der Waals surface area contributed by atoms with E-state index in [9.17, 15) is 9.18 Å². The van der Waals surface area contributed by atoms with Crippen LogP contribution >= 0.6 is 11.6 Å². The number of rotatable bonds is 8. The molecule has 1 aromatic heterocycles. The summed E-state index contributed by atoms with van der Waals surface area (Å²) >= 11 is 5.82. The molecule has 0 N–H and O–H groups in total. The Bertz CT molecular complexity index is 898. The Hall–Kier alpha value is -2.41. The fraction of sp³-hybridized carbons (Fsp3) is 0.522. The molecule has 1 aliphatic heterocycles. The number of carbonyl (C=O) groups is 1. The van der Waals surface area contributed by atoms with E-state index in [1.54, 1.807) is 6.07 Å². The van der Waals surface area contributed by atoms with Crippen LogP contribution in [-0.4, -0.2) is 46.5 Å². The smallest absolute Gasteiger partial charge is 0.226 e. The predicted octanol–water partition coefficient (Wildman–Crippen LogP) is 5.31. The molecule has 2 heterocycles. The normalized spacial score (nSPS) is 17.5. The van der Waals surface area contributed by atoms with Crippen LogP contribution < -0.4 is 9.64 Å². The minimum absolute atomic E-state index is 0.00860. The zero-order chi connectivity index (χ0) is 22.4. The zero-order valence-corrected chi connectivity index (χ0v) is 19.1. The average Bonchev–Trinajstić information content (AvgIpc) is 2.77. The number of amides is 1. The lowest BCUT2D eigenvalue weighted by Crippen LogP contribution is -2.55. The first kappa shape index (κ1) is 23.3. The van der Waals surface area contributed by atoms with Crippen molar-refractivity contribution in [1.82, 2.24) is 14.9 Å². The zero-order valence-electron chi connectivity index (χ0n) is 18.4. The summed E-state index contributed by atoms with van der Waals surface area (Å²) in [5.41, 5.74) is 0. The van der Waals surface area contributed by atoms with E-state index < -0.39 is 5.82 Å². The molecule has 2 aromatic rings. The van der Waals surface area contributed by atoms with Gasteiger partial charge in [-0.2, -0.15) is 0 Å². The number of aromatic nitrogens is 2. The number of piperazine rings is 1. The van der Waals surface area contributed by atoms with Crippen molar-refractivity contribution in [3.05, 3.63) is 41.4 Å². The maximum atomic E-state index is 13.4. The van der Waals surface area contributed by atoms with Gasteiger partial charge >= 0.3 is 0 Å². The second-order valence-electron chi connectivity index (χ2n) is 7.97. The molecule has 0 saturated carbocycles. The number of hydrogen-bond acceptors (Lipinski definition) is 5. The van der Waals surface area contributed by atoms with Crippen LogP contribution in [0, 0.1) is 11.7 Å². The lowest BCUT2D eigenvalue weighted by Gasteiger charge is -2.41.